The van der Waals surface area contributed by atoms with Gasteiger partial charge in [0.1, 0.15) is 11.8 Å². The lowest BCUT2D eigenvalue weighted by Gasteiger charge is -1.98. The smallest absolute Gasteiger partial charge is 0.290 e. The zero-order chi connectivity index (χ0) is 13.4. The molecule has 6 heteroatoms. The van der Waals surface area contributed by atoms with Crippen molar-refractivity contribution in [3.8, 4) is 0 Å². The van der Waals surface area contributed by atoms with E-state index in [4.69, 9.17) is 4.42 Å². The summed E-state index contributed by atoms with van der Waals surface area (Å²) < 4.78 is 5.33. The summed E-state index contributed by atoms with van der Waals surface area (Å²) in [6, 6.07) is 6.84. The monoisotopic (exact) mass is 273 g/mol. The number of carbonyl (C=O) groups excluding carboxylic acids is 2. The Kier molecular flexibility index (Phi) is 2.72. The first-order valence-electron chi connectivity index (χ1n) is 5.40. The molecule has 0 radical (unpaired) electrons. The number of amides is 2. The van der Waals surface area contributed by atoms with Crippen LogP contribution in [0.5, 0.6) is 0 Å². The summed E-state index contributed by atoms with van der Waals surface area (Å²) in [5.41, 5.74) is 0.488. The Labute approximate surface area is 111 Å². The molecular formula is C13H7NO4S. The van der Waals surface area contributed by atoms with E-state index >= 15 is 0 Å². The van der Waals surface area contributed by atoms with Gasteiger partial charge < -0.3 is 4.42 Å². The number of hydrogen-bond donors (Lipinski definition) is 1. The maximum absolute atomic E-state index is 12.2. The Morgan fingerprint density at radius 2 is 1.95 bits per heavy atom. The number of rotatable bonds is 1. The fraction of sp³-hybridized carbons (Fsp3) is 0. The Balaban J connectivity index is 2.14. The van der Waals surface area contributed by atoms with Gasteiger partial charge in [0, 0.05) is 0 Å². The van der Waals surface area contributed by atoms with Crippen LogP contribution in [0.3, 0.4) is 0 Å². The van der Waals surface area contributed by atoms with Crippen molar-refractivity contribution in [2.45, 2.75) is 0 Å². The number of benzene rings is 1. The third-order valence-electron chi connectivity index (χ3n) is 2.64. The fourth-order valence-electron chi connectivity index (χ4n) is 1.75. The second-order valence-electron chi connectivity index (χ2n) is 3.87. The molecule has 1 aliphatic heterocycles. The number of carbonyl (C=O) groups is 2. The lowest BCUT2D eigenvalue weighted by molar-refractivity contribution is -0.115. The first-order valence-corrected chi connectivity index (χ1v) is 6.22. The van der Waals surface area contributed by atoms with Gasteiger partial charge in [-0.2, -0.15) is 0 Å². The topological polar surface area (TPSA) is 76.4 Å². The molecule has 1 N–H and O–H groups in total. The Bertz CT molecular complexity index is 791. The molecule has 19 heavy (non-hydrogen) atoms. The first kappa shape index (κ1) is 11.7. The predicted molar refractivity (Wildman–Crippen MR) is 71.6 cm³/mol. The molecule has 1 fully saturated rings. The first-order chi connectivity index (χ1) is 9.15. The molecule has 94 valence electrons. The average molecular weight is 273 g/mol. The minimum Gasteiger partial charge on any atom is -0.463 e. The van der Waals surface area contributed by atoms with Gasteiger partial charge in [-0.15, -0.1) is 0 Å². The van der Waals surface area contributed by atoms with Crippen molar-refractivity contribution < 1.29 is 14.0 Å². The number of para-hydroxylation sites is 1. The highest BCUT2D eigenvalue weighted by Gasteiger charge is 2.25. The van der Waals surface area contributed by atoms with Crippen molar-refractivity contribution in [3.63, 3.8) is 0 Å². The van der Waals surface area contributed by atoms with Crippen LogP contribution in [0.15, 0.2) is 44.6 Å². The van der Waals surface area contributed by atoms with Gasteiger partial charge in [0.25, 0.3) is 11.1 Å². The molecule has 3 rings (SSSR count). The van der Waals surface area contributed by atoms with E-state index in [9.17, 15) is 14.4 Å². The van der Waals surface area contributed by atoms with E-state index in [-0.39, 0.29) is 15.9 Å². The molecule has 0 bridgehead atoms. The highest BCUT2D eigenvalue weighted by Crippen LogP contribution is 2.25. The molecule has 0 saturated carbocycles. The number of thioether (sulfide) groups is 1. The van der Waals surface area contributed by atoms with Crippen molar-refractivity contribution in [2.24, 2.45) is 0 Å². The summed E-state index contributed by atoms with van der Waals surface area (Å²) in [6.45, 7) is 0. The third kappa shape index (κ3) is 2.06. The average Bonchev–Trinajstić information content (AvgIpc) is 2.72. The Hall–Kier alpha value is -2.34. The molecule has 0 spiro atoms. The van der Waals surface area contributed by atoms with Crippen LogP contribution in [0.25, 0.3) is 17.0 Å². The molecule has 1 aromatic carbocycles. The summed E-state index contributed by atoms with van der Waals surface area (Å²) >= 11 is 0.764. The second kappa shape index (κ2) is 4.40. The minimum atomic E-state index is -0.498. The van der Waals surface area contributed by atoms with E-state index < -0.39 is 11.1 Å². The summed E-state index contributed by atoms with van der Waals surface area (Å²) in [4.78, 5) is 34.8. The fourth-order valence-corrected chi connectivity index (χ4v) is 2.43. The zero-order valence-electron chi connectivity index (χ0n) is 9.51. The second-order valence-corrected chi connectivity index (χ2v) is 4.88. The van der Waals surface area contributed by atoms with Crippen LogP contribution in [0.1, 0.15) is 5.56 Å². The molecule has 2 heterocycles. The van der Waals surface area contributed by atoms with Gasteiger partial charge >= 0.3 is 0 Å². The predicted octanol–water partition coefficient (Wildman–Crippen LogP) is 2.12. The number of fused-ring (bicyclic) bond motifs is 1. The number of hydrogen-bond acceptors (Lipinski definition) is 5. The van der Waals surface area contributed by atoms with E-state index in [1.165, 1.54) is 12.3 Å². The van der Waals surface area contributed by atoms with E-state index in [2.05, 4.69) is 5.32 Å². The SMILES string of the molecule is O=C1NC(=O)/C(=C/c2coc3ccccc3c2=O)S1. The third-order valence-corrected chi connectivity index (χ3v) is 3.45. The van der Waals surface area contributed by atoms with Crippen molar-refractivity contribution in [3.05, 3.63) is 51.2 Å². The largest absolute Gasteiger partial charge is 0.463 e. The normalized spacial score (nSPS) is 17.2. The highest BCUT2D eigenvalue weighted by molar-refractivity contribution is 8.18. The maximum Gasteiger partial charge on any atom is 0.290 e. The Morgan fingerprint density at radius 1 is 1.16 bits per heavy atom. The summed E-state index contributed by atoms with van der Waals surface area (Å²) in [6.07, 6.45) is 2.65. The summed E-state index contributed by atoms with van der Waals surface area (Å²) in [7, 11) is 0. The summed E-state index contributed by atoms with van der Waals surface area (Å²) in [5.74, 6) is -0.498. The van der Waals surface area contributed by atoms with Crippen molar-refractivity contribution >= 4 is 40.0 Å². The zero-order valence-corrected chi connectivity index (χ0v) is 10.3. The molecule has 0 aliphatic carbocycles. The molecule has 0 unspecified atom stereocenters. The molecule has 1 aliphatic rings. The summed E-state index contributed by atoms with van der Waals surface area (Å²) in [5, 5.41) is 2.12. The molecule has 0 atom stereocenters. The quantitative estimate of drug-likeness (QED) is 0.805. The van der Waals surface area contributed by atoms with Gasteiger partial charge in [0.2, 0.25) is 0 Å². The number of imide groups is 1. The minimum absolute atomic E-state index is 0.188. The van der Waals surface area contributed by atoms with E-state index in [1.807, 2.05) is 0 Å². The van der Waals surface area contributed by atoms with Crippen LogP contribution in [0.4, 0.5) is 4.79 Å². The lowest BCUT2D eigenvalue weighted by Crippen LogP contribution is -2.18. The molecule has 5 nitrogen and oxygen atoms in total. The molecule has 1 saturated heterocycles. The molecule has 1 aromatic heterocycles. The van der Waals surface area contributed by atoms with Crippen molar-refractivity contribution in [1.82, 2.24) is 5.32 Å². The van der Waals surface area contributed by atoms with Gasteiger partial charge in [-0.05, 0) is 30.0 Å². The van der Waals surface area contributed by atoms with Gasteiger partial charge in [-0.25, -0.2) is 0 Å². The van der Waals surface area contributed by atoms with Gasteiger partial charge in [0.05, 0.1) is 15.9 Å². The van der Waals surface area contributed by atoms with Gasteiger partial charge in [-0.3, -0.25) is 19.7 Å². The van der Waals surface area contributed by atoms with Crippen LogP contribution in [0.2, 0.25) is 0 Å². The van der Waals surface area contributed by atoms with E-state index in [0.717, 1.165) is 11.8 Å². The van der Waals surface area contributed by atoms with Crippen LogP contribution < -0.4 is 10.7 Å². The maximum atomic E-state index is 12.2. The van der Waals surface area contributed by atoms with Crippen molar-refractivity contribution in [1.29, 1.82) is 0 Å². The standard InChI is InChI=1S/C13H7NO4S/c15-11-7(5-10-12(16)14-13(17)19-10)6-18-9-4-2-1-3-8(9)11/h1-6H,(H,14,16,17)/b10-5-. The molecular weight excluding hydrogens is 266 g/mol. The highest BCUT2D eigenvalue weighted by atomic mass is 32.2. The molecule has 2 aromatic rings. The van der Waals surface area contributed by atoms with Crippen LogP contribution in [0, 0.1) is 0 Å². The van der Waals surface area contributed by atoms with E-state index in [1.54, 1.807) is 24.3 Å². The Morgan fingerprint density at radius 3 is 2.68 bits per heavy atom. The van der Waals surface area contributed by atoms with Crippen LogP contribution in [-0.2, 0) is 4.79 Å². The lowest BCUT2D eigenvalue weighted by atomic mass is 10.1. The van der Waals surface area contributed by atoms with Gasteiger partial charge in [-0.1, -0.05) is 12.1 Å². The van der Waals surface area contributed by atoms with Crippen molar-refractivity contribution in [2.75, 3.05) is 0 Å². The van der Waals surface area contributed by atoms with Crippen LogP contribution >= 0.6 is 11.8 Å². The molecule has 2 amide bonds. The van der Waals surface area contributed by atoms with E-state index in [0.29, 0.717) is 11.0 Å². The van der Waals surface area contributed by atoms with Gasteiger partial charge in [0.15, 0.2) is 5.43 Å². The number of nitrogens with one attached hydrogen (secondary N) is 1. The van der Waals surface area contributed by atoms with Crippen LogP contribution in [-0.4, -0.2) is 11.1 Å².